The molecule has 0 aromatic carbocycles. The van der Waals surface area contributed by atoms with Gasteiger partial charge in [0.05, 0.1) is 26.2 Å². The molecule has 0 unspecified atom stereocenters. The smallest absolute Gasteiger partial charge is 0.308 e. The number of ether oxygens (including phenoxy) is 1. The highest BCUT2D eigenvalue weighted by Crippen LogP contribution is 2.26. The fourth-order valence-corrected chi connectivity index (χ4v) is 1.70. The molecule has 0 radical (unpaired) electrons. The maximum atomic E-state index is 11.1. The van der Waals surface area contributed by atoms with Crippen molar-refractivity contribution in [2.24, 2.45) is 5.92 Å². The molecule has 0 N–H and O–H groups in total. The van der Waals surface area contributed by atoms with Gasteiger partial charge in [-0.1, -0.05) is 0 Å². The van der Waals surface area contributed by atoms with Crippen molar-refractivity contribution in [1.82, 2.24) is 0 Å². The highest BCUT2D eigenvalue weighted by atomic mass is 17.2. The normalized spacial score (nSPS) is 28.5. The highest BCUT2D eigenvalue weighted by molar-refractivity contribution is 5.72. The first-order valence-corrected chi connectivity index (χ1v) is 4.55. The fraction of sp³-hybridized carbons (Fsp3) is 0.889. The van der Waals surface area contributed by atoms with Gasteiger partial charge in [-0.3, -0.25) is 4.79 Å². The zero-order chi connectivity index (χ0) is 9.68. The molecule has 1 fully saturated rings. The molecule has 1 rings (SSSR count). The molecule has 0 aromatic heterocycles. The molecule has 0 spiro atoms. The van der Waals surface area contributed by atoms with Gasteiger partial charge in [-0.05, 0) is 25.7 Å². The molecule has 4 heteroatoms. The number of carbonyl (C=O) groups excluding carboxylic acids is 1. The molecule has 0 heterocycles. The van der Waals surface area contributed by atoms with Gasteiger partial charge in [0, 0.05) is 0 Å². The van der Waals surface area contributed by atoms with E-state index < -0.39 is 0 Å². The van der Waals surface area contributed by atoms with E-state index in [-0.39, 0.29) is 18.0 Å². The zero-order valence-corrected chi connectivity index (χ0v) is 8.12. The number of carbonyl (C=O) groups is 1. The first kappa shape index (κ1) is 10.5. The summed E-state index contributed by atoms with van der Waals surface area (Å²) >= 11 is 0. The molecule has 76 valence electrons. The predicted octanol–water partition coefficient (Wildman–Crippen LogP) is 1.30. The van der Waals surface area contributed by atoms with Crippen LogP contribution in [0.4, 0.5) is 0 Å². The van der Waals surface area contributed by atoms with E-state index in [4.69, 9.17) is 4.89 Å². The first-order chi connectivity index (χ1) is 6.27. The molecule has 0 aliphatic heterocycles. The highest BCUT2D eigenvalue weighted by Gasteiger charge is 2.27. The van der Waals surface area contributed by atoms with Crippen LogP contribution in [0, 0.1) is 5.92 Å². The van der Waals surface area contributed by atoms with Crippen molar-refractivity contribution in [3.05, 3.63) is 0 Å². The lowest BCUT2D eigenvalue weighted by molar-refractivity contribution is -0.310. The van der Waals surface area contributed by atoms with Crippen molar-refractivity contribution < 1.29 is 19.3 Å². The van der Waals surface area contributed by atoms with Crippen LogP contribution < -0.4 is 0 Å². The van der Waals surface area contributed by atoms with E-state index in [1.807, 2.05) is 0 Å². The summed E-state index contributed by atoms with van der Waals surface area (Å²) in [6.07, 6.45) is 3.55. The third-order valence-electron chi connectivity index (χ3n) is 2.44. The molecular weight excluding hydrogens is 172 g/mol. The van der Waals surface area contributed by atoms with Crippen molar-refractivity contribution in [3.8, 4) is 0 Å². The van der Waals surface area contributed by atoms with Crippen molar-refractivity contribution in [3.63, 3.8) is 0 Å². The van der Waals surface area contributed by atoms with Gasteiger partial charge in [0.2, 0.25) is 0 Å². The largest absolute Gasteiger partial charge is 0.469 e. The van der Waals surface area contributed by atoms with E-state index >= 15 is 0 Å². The van der Waals surface area contributed by atoms with E-state index in [1.54, 1.807) is 0 Å². The summed E-state index contributed by atoms with van der Waals surface area (Å²) in [6.45, 7) is 0. The van der Waals surface area contributed by atoms with E-state index in [2.05, 4.69) is 9.62 Å². The third-order valence-corrected chi connectivity index (χ3v) is 2.44. The minimum atomic E-state index is -0.101. The van der Waals surface area contributed by atoms with Crippen LogP contribution in [0.5, 0.6) is 0 Å². The molecular formula is C9H16O4. The SMILES string of the molecule is COOC1CCC(C(=O)OC)CC1. The van der Waals surface area contributed by atoms with Gasteiger partial charge in [0.1, 0.15) is 0 Å². The molecule has 0 aromatic rings. The number of esters is 1. The van der Waals surface area contributed by atoms with Gasteiger partial charge in [-0.15, -0.1) is 0 Å². The van der Waals surface area contributed by atoms with Gasteiger partial charge < -0.3 is 4.74 Å². The lowest BCUT2D eigenvalue weighted by Gasteiger charge is -2.25. The van der Waals surface area contributed by atoms with Gasteiger partial charge in [0.15, 0.2) is 0 Å². The Balaban J connectivity index is 2.26. The van der Waals surface area contributed by atoms with Crippen LogP contribution in [0.15, 0.2) is 0 Å². The zero-order valence-electron chi connectivity index (χ0n) is 8.12. The van der Waals surface area contributed by atoms with Crippen LogP contribution in [0.25, 0.3) is 0 Å². The summed E-state index contributed by atoms with van der Waals surface area (Å²) in [5.74, 6) is -0.0439. The summed E-state index contributed by atoms with van der Waals surface area (Å²) < 4.78 is 4.67. The number of hydrogen-bond donors (Lipinski definition) is 0. The average molecular weight is 188 g/mol. The van der Waals surface area contributed by atoms with E-state index in [9.17, 15) is 4.79 Å². The van der Waals surface area contributed by atoms with Gasteiger partial charge in [-0.2, -0.15) is 0 Å². The molecule has 4 nitrogen and oxygen atoms in total. The molecule has 0 saturated heterocycles. The molecule has 0 bridgehead atoms. The van der Waals surface area contributed by atoms with E-state index in [0.29, 0.717) is 0 Å². The second-order valence-electron chi connectivity index (χ2n) is 3.26. The summed E-state index contributed by atoms with van der Waals surface area (Å²) in [4.78, 5) is 20.7. The minimum absolute atomic E-state index is 0.0571. The topological polar surface area (TPSA) is 44.8 Å². The van der Waals surface area contributed by atoms with E-state index in [0.717, 1.165) is 25.7 Å². The Kier molecular flexibility index (Phi) is 4.18. The number of rotatable bonds is 3. The van der Waals surface area contributed by atoms with Crippen LogP contribution in [0.1, 0.15) is 25.7 Å². The van der Waals surface area contributed by atoms with Crippen LogP contribution in [-0.2, 0) is 19.3 Å². The molecule has 1 saturated carbocycles. The lowest BCUT2D eigenvalue weighted by atomic mass is 9.87. The van der Waals surface area contributed by atoms with Crippen molar-refractivity contribution in [1.29, 1.82) is 0 Å². The Hall–Kier alpha value is -0.610. The summed E-state index contributed by atoms with van der Waals surface area (Å²) in [7, 11) is 2.94. The molecule has 0 atom stereocenters. The Morgan fingerprint density at radius 2 is 1.77 bits per heavy atom. The minimum Gasteiger partial charge on any atom is -0.469 e. The Bertz CT molecular complexity index is 161. The van der Waals surface area contributed by atoms with Gasteiger partial charge in [0.25, 0.3) is 0 Å². The van der Waals surface area contributed by atoms with Crippen LogP contribution in [-0.4, -0.2) is 26.3 Å². The fourth-order valence-electron chi connectivity index (χ4n) is 1.70. The lowest BCUT2D eigenvalue weighted by Crippen LogP contribution is -2.26. The maximum Gasteiger partial charge on any atom is 0.308 e. The molecule has 0 amide bonds. The van der Waals surface area contributed by atoms with Gasteiger partial charge >= 0.3 is 5.97 Å². The summed E-state index contributed by atoms with van der Waals surface area (Å²) in [5, 5.41) is 0. The Morgan fingerprint density at radius 3 is 2.23 bits per heavy atom. The molecule has 1 aliphatic carbocycles. The molecule has 1 aliphatic rings. The standard InChI is InChI=1S/C9H16O4/c1-11-9(10)7-3-5-8(6-4-7)13-12-2/h7-8H,3-6H2,1-2H3. The quantitative estimate of drug-likeness (QED) is 0.380. The third kappa shape index (κ3) is 2.97. The van der Waals surface area contributed by atoms with Crippen molar-refractivity contribution >= 4 is 5.97 Å². The Labute approximate surface area is 78.1 Å². The summed E-state index contributed by atoms with van der Waals surface area (Å²) in [6, 6.07) is 0. The maximum absolute atomic E-state index is 11.1. The number of methoxy groups -OCH3 is 1. The van der Waals surface area contributed by atoms with Crippen molar-refractivity contribution in [2.45, 2.75) is 31.8 Å². The summed E-state index contributed by atoms with van der Waals surface area (Å²) in [5.41, 5.74) is 0. The van der Waals surface area contributed by atoms with Crippen LogP contribution in [0.3, 0.4) is 0 Å². The van der Waals surface area contributed by atoms with Crippen LogP contribution in [0.2, 0.25) is 0 Å². The van der Waals surface area contributed by atoms with Gasteiger partial charge in [-0.25, -0.2) is 9.78 Å². The molecule has 13 heavy (non-hydrogen) atoms. The Morgan fingerprint density at radius 1 is 1.15 bits per heavy atom. The average Bonchev–Trinajstić information content (AvgIpc) is 2.18. The second kappa shape index (κ2) is 5.19. The van der Waals surface area contributed by atoms with Crippen LogP contribution >= 0.6 is 0 Å². The second-order valence-corrected chi connectivity index (χ2v) is 3.26. The van der Waals surface area contributed by atoms with Crippen molar-refractivity contribution in [2.75, 3.05) is 14.2 Å². The van der Waals surface area contributed by atoms with E-state index in [1.165, 1.54) is 14.2 Å². The first-order valence-electron chi connectivity index (χ1n) is 4.55. The predicted molar refractivity (Wildman–Crippen MR) is 45.9 cm³/mol. The number of hydrogen-bond acceptors (Lipinski definition) is 4. The monoisotopic (exact) mass is 188 g/mol.